The van der Waals surface area contributed by atoms with Crippen LogP contribution in [0.15, 0.2) is 89.5 Å². The van der Waals surface area contributed by atoms with Crippen LogP contribution in [0.25, 0.3) is 10.4 Å². The first-order chi connectivity index (χ1) is 13.7. The number of hydrogen-bond donors (Lipinski definition) is 0. The number of benzene rings is 2. The lowest BCUT2D eigenvalue weighted by atomic mass is 10.2. The van der Waals surface area contributed by atoms with E-state index < -0.39 is 0 Å². The summed E-state index contributed by atoms with van der Waals surface area (Å²) in [6, 6.07) is 25.2. The summed E-state index contributed by atoms with van der Waals surface area (Å²) in [5.41, 5.74) is 1.96. The summed E-state index contributed by atoms with van der Waals surface area (Å²) in [7, 11) is 1.66. The zero-order valence-corrected chi connectivity index (χ0v) is 16.2. The number of furan rings is 1. The summed E-state index contributed by atoms with van der Waals surface area (Å²) in [6.45, 7) is 0.477. The molecule has 0 unspecified atom stereocenters. The number of para-hydroxylation sites is 1. The Balaban J connectivity index is 1.60. The fourth-order valence-corrected chi connectivity index (χ4v) is 3.95. The highest BCUT2D eigenvalue weighted by atomic mass is 32.1. The number of nitrogens with zero attached hydrogens (tertiary/aromatic N) is 1. The van der Waals surface area contributed by atoms with Gasteiger partial charge in [-0.15, -0.1) is 11.3 Å². The predicted octanol–water partition coefficient (Wildman–Crippen LogP) is 5.86. The van der Waals surface area contributed by atoms with Crippen LogP contribution in [0.1, 0.15) is 15.4 Å². The number of amides is 1. The molecule has 0 bridgehead atoms. The van der Waals surface area contributed by atoms with Crippen molar-refractivity contribution in [3.8, 4) is 16.2 Å². The van der Waals surface area contributed by atoms with E-state index in [1.54, 1.807) is 35.5 Å². The van der Waals surface area contributed by atoms with Crippen LogP contribution in [0, 0.1) is 0 Å². The summed E-state index contributed by atoms with van der Waals surface area (Å²) in [4.78, 5) is 17.0. The maximum atomic E-state index is 13.0. The molecule has 0 aliphatic rings. The molecule has 0 fully saturated rings. The number of hydrogen-bond acceptors (Lipinski definition) is 4. The van der Waals surface area contributed by atoms with E-state index in [1.165, 1.54) is 6.26 Å². The van der Waals surface area contributed by atoms with Crippen LogP contribution in [0.4, 0.5) is 5.69 Å². The molecule has 2 aromatic heterocycles. The first-order valence-corrected chi connectivity index (χ1v) is 9.70. The Bertz CT molecular complexity index is 1040. The minimum atomic E-state index is -0.157. The molecule has 2 aromatic carbocycles. The van der Waals surface area contributed by atoms with Crippen molar-refractivity contribution < 1.29 is 13.9 Å². The van der Waals surface area contributed by atoms with Crippen LogP contribution >= 0.6 is 11.3 Å². The van der Waals surface area contributed by atoms with Crippen LogP contribution in [-0.4, -0.2) is 13.0 Å². The topological polar surface area (TPSA) is 42.7 Å². The largest absolute Gasteiger partial charge is 0.497 e. The van der Waals surface area contributed by atoms with Gasteiger partial charge in [-0.1, -0.05) is 18.2 Å². The lowest BCUT2D eigenvalue weighted by Crippen LogP contribution is -2.29. The van der Waals surface area contributed by atoms with Crippen molar-refractivity contribution in [1.29, 1.82) is 0 Å². The van der Waals surface area contributed by atoms with Crippen LogP contribution in [-0.2, 0) is 6.54 Å². The summed E-state index contributed by atoms with van der Waals surface area (Å²) in [5.74, 6) is 1.01. The minimum Gasteiger partial charge on any atom is -0.497 e. The van der Waals surface area contributed by atoms with Crippen molar-refractivity contribution in [2.75, 3.05) is 12.0 Å². The summed E-state index contributed by atoms with van der Waals surface area (Å²) in [5, 5.41) is 0. The molecular formula is C23H19NO3S. The van der Waals surface area contributed by atoms with E-state index in [0.717, 1.165) is 26.8 Å². The normalized spacial score (nSPS) is 10.6. The van der Waals surface area contributed by atoms with Gasteiger partial charge < -0.3 is 14.1 Å². The van der Waals surface area contributed by atoms with Gasteiger partial charge >= 0.3 is 0 Å². The SMILES string of the molecule is COc1ccc(-c2ccc(CN(C(=O)c3ccco3)c3ccccc3)s2)cc1. The fourth-order valence-electron chi connectivity index (χ4n) is 2.95. The van der Waals surface area contributed by atoms with E-state index in [0.29, 0.717) is 12.3 Å². The standard InChI is InChI=1S/C23H19NO3S/c1-26-19-11-9-17(10-12-19)22-14-13-20(28-22)16-24(18-6-3-2-4-7-18)23(25)21-8-5-15-27-21/h2-15H,16H2,1H3. The Kier molecular flexibility index (Phi) is 5.26. The molecule has 0 saturated heterocycles. The Morgan fingerprint density at radius 3 is 2.43 bits per heavy atom. The number of anilines is 1. The summed E-state index contributed by atoms with van der Waals surface area (Å²) in [6.07, 6.45) is 1.52. The maximum Gasteiger partial charge on any atom is 0.294 e. The number of carbonyl (C=O) groups is 1. The first-order valence-electron chi connectivity index (χ1n) is 8.88. The van der Waals surface area contributed by atoms with E-state index >= 15 is 0 Å². The van der Waals surface area contributed by atoms with E-state index in [9.17, 15) is 4.79 Å². The van der Waals surface area contributed by atoms with Crippen LogP contribution in [0.3, 0.4) is 0 Å². The Labute approximate surface area is 167 Å². The first kappa shape index (κ1) is 18.1. The highest BCUT2D eigenvalue weighted by Gasteiger charge is 2.21. The average Bonchev–Trinajstić information content (AvgIpc) is 3.45. The van der Waals surface area contributed by atoms with Crippen molar-refractivity contribution in [3.05, 3.63) is 95.8 Å². The second-order valence-corrected chi connectivity index (χ2v) is 7.37. The van der Waals surface area contributed by atoms with Crippen molar-refractivity contribution in [3.63, 3.8) is 0 Å². The zero-order chi connectivity index (χ0) is 19.3. The van der Waals surface area contributed by atoms with Crippen molar-refractivity contribution in [2.45, 2.75) is 6.54 Å². The van der Waals surface area contributed by atoms with Gasteiger partial charge in [0.05, 0.1) is 19.9 Å². The molecule has 1 amide bonds. The van der Waals surface area contributed by atoms with E-state index in [1.807, 2.05) is 54.6 Å². The summed E-state index contributed by atoms with van der Waals surface area (Å²) >= 11 is 1.67. The van der Waals surface area contributed by atoms with Gasteiger partial charge in [-0.2, -0.15) is 0 Å². The number of rotatable bonds is 6. The second kappa shape index (κ2) is 8.15. The lowest BCUT2D eigenvalue weighted by molar-refractivity contribution is 0.0958. The Morgan fingerprint density at radius 2 is 1.75 bits per heavy atom. The van der Waals surface area contributed by atoms with Crippen molar-refractivity contribution >= 4 is 22.9 Å². The molecule has 0 saturated carbocycles. The highest BCUT2D eigenvalue weighted by molar-refractivity contribution is 7.15. The third-order valence-corrected chi connectivity index (χ3v) is 5.51. The molecule has 0 aliphatic heterocycles. The molecular weight excluding hydrogens is 370 g/mol. The van der Waals surface area contributed by atoms with Crippen LogP contribution in [0.2, 0.25) is 0 Å². The maximum absolute atomic E-state index is 13.0. The number of carbonyl (C=O) groups excluding carboxylic acids is 1. The molecule has 140 valence electrons. The lowest BCUT2D eigenvalue weighted by Gasteiger charge is -2.21. The fraction of sp³-hybridized carbons (Fsp3) is 0.0870. The smallest absolute Gasteiger partial charge is 0.294 e. The van der Waals surface area contributed by atoms with Gasteiger partial charge in [0.1, 0.15) is 5.75 Å². The quantitative estimate of drug-likeness (QED) is 0.414. The monoisotopic (exact) mass is 389 g/mol. The molecule has 5 heteroatoms. The summed E-state index contributed by atoms with van der Waals surface area (Å²) < 4.78 is 10.6. The van der Waals surface area contributed by atoms with Gasteiger partial charge in [0.2, 0.25) is 0 Å². The molecule has 0 radical (unpaired) electrons. The third kappa shape index (κ3) is 3.85. The Hall–Kier alpha value is -3.31. The van der Waals surface area contributed by atoms with E-state index in [2.05, 4.69) is 12.1 Å². The van der Waals surface area contributed by atoms with Gasteiger partial charge in [0, 0.05) is 15.4 Å². The van der Waals surface area contributed by atoms with Crippen LogP contribution < -0.4 is 9.64 Å². The third-order valence-electron chi connectivity index (χ3n) is 4.40. The molecule has 28 heavy (non-hydrogen) atoms. The molecule has 0 spiro atoms. The van der Waals surface area contributed by atoms with Crippen molar-refractivity contribution in [1.82, 2.24) is 0 Å². The zero-order valence-electron chi connectivity index (χ0n) is 15.4. The molecule has 4 rings (SSSR count). The van der Waals surface area contributed by atoms with Gasteiger partial charge in [-0.3, -0.25) is 4.79 Å². The molecule has 0 aliphatic carbocycles. The van der Waals surface area contributed by atoms with Gasteiger partial charge in [0.25, 0.3) is 5.91 Å². The second-order valence-electron chi connectivity index (χ2n) is 6.20. The van der Waals surface area contributed by atoms with Gasteiger partial charge in [-0.25, -0.2) is 0 Å². The molecule has 2 heterocycles. The van der Waals surface area contributed by atoms with Gasteiger partial charge in [0.15, 0.2) is 5.76 Å². The number of ether oxygens (including phenoxy) is 1. The number of thiophene rings is 1. The van der Waals surface area contributed by atoms with Gasteiger partial charge in [-0.05, 0) is 66.2 Å². The van der Waals surface area contributed by atoms with Crippen LogP contribution in [0.5, 0.6) is 5.75 Å². The van der Waals surface area contributed by atoms with E-state index in [4.69, 9.17) is 9.15 Å². The molecule has 0 N–H and O–H groups in total. The average molecular weight is 389 g/mol. The molecule has 4 aromatic rings. The number of methoxy groups -OCH3 is 1. The molecule has 0 atom stereocenters. The van der Waals surface area contributed by atoms with E-state index in [-0.39, 0.29) is 5.91 Å². The van der Waals surface area contributed by atoms with Crippen molar-refractivity contribution in [2.24, 2.45) is 0 Å². The Morgan fingerprint density at radius 1 is 0.964 bits per heavy atom. The predicted molar refractivity (Wildman–Crippen MR) is 112 cm³/mol. The minimum absolute atomic E-state index is 0.157. The highest BCUT2D eigenvalue weighted by Crippen LogP contribution is 2.31. The molecule has 4 nitrogen and oxygen atoms in total.